The molecule has 3 rings (SSSR count). The van der Waals surface area contributed by atoms with Crippen LogP contribution in [0.5, 0.6) is 0 Å². The number of aliphatic hydroxyl groups is 1. The van der Waals surface area contributed by atoms with Gasteiger partial charge in [0.05, 0.1) is 37.8 Å². The Balaban J connectivity index is 1.73. The monoisotopic (exact) mass is 476 g/mol. The molecule has 1 aliphatic rings. The molecule has 0 spiro atoms. The van der Waals surface area contributed by atoms with E-state index in [4.69, 9.17) is 29.8 Å². The zero-order valence-corrected chi connectivity index (χ0v) is 19.6. The van der Waals surface area contributed by atoms with Crippen molar-refractivity contribution in [2.75, 3.05) is 50.7 Å². The Bertz CT molecular complexity index is 889. The van der Waals surface area contributed by atoms with Gasteiger partial charge >= 0.3 is 0 Å². The van der Waals surface area contributed by atoms with E-state index in [1.165, 1.54) is 0 Å². The second kappa shape index (κ2) is 13.3. The predicted octanol–water partition coefficient (Wildman–Crippen LogP) is 3.36. The Morgan fingerprint density at radius 2 is 1.97 bits per heavy atom. The van der Waals surface area contributed by atoms with Crippen LogP contribution in [0.2, 0.25) is 0 Å². The van der Waals surface area contributed by atoms with Crippen molar-refractivity contribution < 1.29 is 28.8 Å². The highest BCUT2D eigenvalue weighted by molar-refractivity contribution is 7.08. The van der Waals surface area contributed by atoms with Gasteiger partial charge in [-0.05, 0) is 53.9 Å². The molecule has 1 amide bonds. The molecule has 9 heteroatoms. The third-order valence-electron chi connectivity index (χ3n) is 5.28. The Labute approximate surface area is 198 Å². The van der Waals surface area contributed by atoms with Crippen molar-refractivity contribution in [3.63, 3.8) is 0 Å². The van der Waals surface area contributed by atoms with Crippen LogP contribution in [0.4, 0.5) is 11.4 Å². The van der Waals surface area contributed by atoms with Gasteiger partial charge in [-0.3, -0.25) is 4.79 Å². The second-order valence-corrected chi connectivity index (χ2v) is 8.28. The minimum absolute atomic E-state index is 0.00309. The van der Waals surface area contributed by atoms with Crippen LogP contribution in [-0.4, -0.2) is 56.9 Å². The van der Waals surface area contributed by atoms with Gasteiger partial charge in [-0.1, -0.05) is 12.1 Å². The highest BCUT2D eigenvalue weighted by Gasteiger charge is 2.38. The first kappa shape index (κ1) is 25.2. The summed E-state index contributed by atoms with van der Waals surface area (Å²) >= 11 is 1.61. The van der Waals surface area contributed by atoms with E-state index in [0.29, 0.717) is 50.8 Å². The van der Waals surface area contributed by atoms with Crippen molar-refractivity contribution in [2.24, 2.45) is 5.92 Å². The molecule has 0 saturated heterocycles. The highest BCUT2D eigenvalue weighted by Crippen LogP contribution is 2.39. The molecule has 0 radical (unpaired) electrons. The van der Waals surface area contributed by atoms with Gasteiger partial charge in [0.25, 0.3) is 5.91 Å². The van der Waals surface area contributed by atoms with Crippen molar-refractivity contribution in [2.45, 2.75) is 25.6 Å². The maximum absolute atomic E-state index is 13.0. The number of rotatable bonds is 13. The van der Waals surface area contributed by atoms with E-state index >= 15 is 0 Å². The van der Waals surface area contributed by atoms with Crippen LogP contribution >= 0.6 is 11.3 Å². The summed E-state index contributed by atoms with van der Waals surface area (Å²) < 4.78 is 22.9. The van der Waals surface area contributed by atoms with Crippen molar-refractivity contribution in [1.29, 1.82) is 0 Å². The van der Waals surface area contributed by atoms with E-state index in [-0.39, 0.29) is 30.1 Å². The van der Waals surface area contributed by atoms with Gasteiger partial charge in [0.15, 0.2) is 5.76 Å². The normalized spacial score (nSPS) is 20.2. The van der Waals surface area contributed by atoms with E-state index in [2.05, 4.69) is 16.8 Å². The topological polar surface area (TPSA) is 112 Å². The quantitative estimate of drug-likeness (QED) is 0.300. The Morgan fingerprint density at radius 1 is 1.18 bits per heavy atom. The van der Waals surface area contributed by atoms with Crippen LogP contribution < -0.4 is 11.1 Å². The molecule has 180 valence electrons. The van der Waals surface area contributed by atoms with Crippen LogP contribution in [0.25, 0.3) is 0 Å². The maximum Gasteiger partial charge on any atom is 0.290 e. The predicted molar refractivity (Wildman–Crippen MR) is 128 cm³/mol. The molecule has 2 aromatic rings. The molecule has 4 N–H and O–H groups in total. The molecule has 2 heterocycles. The van der Waals surface area contributed by atoms with E-state index < -0.39 is 6.29 Å². The van der Waals surface area contributed by atoms with E-state index in [1.807, 2.05) is 30.5 Å². The van der Waals surface area contributed by atoms with Gasteiger partial charge in [-0.15, -0.1) is 0 Å². The lowest BCUT2D eigenvalue weighted by molar-refractivity contribution is -0.166. The van der Waals surface area contributed by atoms with Gasteiger partial charge in [0, 0.05) is 25.0 Å². The zero-order chi connectivity index (χ0) is 23.5. The third-order valence-corrected chi connectivity index (χ3v) is 5.98. The molecular weight excluding hydrogens is 444 g/mol. The number of carbonyl (C=O) groups is 1. The molecule has 0 aliphatic carbocycles. The first-order valence-electron chi connectivity index (χ1n) is 11.1. The number of thiophene rings is 1. The second-order valence-electron chi connectivity index (χ2n) is 7.50. The SMILES string of the molecule is CCO[C@H]1OC(C(=O)Nc2ccccc2N)=C[C@@H](c2ccsc2)[C@@H]1CCOCCOCCO. The first-order valence-corrected chi connectivity index (χ1v) is 12.0. The number of aliphatic hydroxyl groups excluding tert-OH is 1. The number of ether oxygens (including phenoxy) is 4. The molecule has 0 unspecified atom stereocenters. The van der Waals surface area contributed by atoms with Crippen molar-refractivity contribution >= 4 is 28.6 Å². The lowest BCUT2D eigenvalue weighted by Gasteiger charge is -2.36. The molecule has 1 aromatic carbocycles. The first-order chi connectivity index (χ1) is 16.1. The summed E-state index contributed by atoms with van der Waals surface area (Å²) in [5.74, 6) is -0.253. The Morgan fingerprint density at radius 3 is 2.67 bits per heavy atom. The molecule has 0 bridgehead atoms. The van der Waals surface area contributed by atoms with Crippen molar-refractivity contribution in [3.8, 4) is 0 Å². The Kier molecular flexibility index (Phi) is 10.2. The summed E-state index contributed by atoms with van der Waals surface area (Å²) in [6, 6.07) is 9.15. The number of hydrogen-bond acceptors (Lipinski definition) is 8. The van der Waals surface area contributed by atoms with Gasteiger partial charge in [0.2, 0.25) is 6.29 Å². The third kappa shape index (κ3) is 7.28. The standard InChI is InChI=1S/C24H32N2O6S/c1-2-31-24-18(7-10-29-12-13-30-11-9-27)19(17-8-14-33-16-17)15-22(32-24)23(28)26-21-6-4-3-5-20(21)25/h3-6,8,14-16,18-19,24,27H,2,7,9-13,25H2,1H3,(H,26,28)/t18-,19-,24-/m0/s1. The number of nitrogens with one attached hydrogen (secondary N) is 1. The van der Waals surface area contributed by atoms with Gasteiger partial charge in [0.1, 0.15) is 0 Å². The zero-order valence-electron chi connectivity index (χ0n) is 18.8. The van der Waals surface area contributed by atoms with E-state index in [1.54, 1.807) is 23.5 Å². The average molecular weight is 477 g/mol. The number of hydrogen-bond donors (Lipinski definition) is 3. The summed E-state index contributed by atoms with van der Waals surface area (Å²) in [7, 11) is 0. The summed E-state index contributed by atoms with van der Waals surface area (Å²) in [6.45, 7) is 4.02. The number of allylic oxidation sites excluding steroid dienone is 1. The molecule has 0 saturated carbocycles. The van der Waals surface area contributed by atoms with Crippen LogP contribution in [0.15, 0.2) is 52.9 Å². The van der Waals surface area contributed by atoms with Crippen LogP contribution in [0, 0.1) is 5.92 Å². The molecule has 3 atom stereocenters. The Hall–Kier alpha value is -2.43. The maximum atomic E-state index is 13.0. The number of benzene rings is 1. The highest BCUT2D eigenvalue weighted by atomic mass is 32.1. The molecule has 1 aromatic heterocycles. The van der Waals surface area contributed by atoms with E-state index in [9.17, 15) is 4.79 Å². The minimum atomic E-state index is -0.590. The summed E-state index contributed by atoms with van der Waals surface area (Å²) in [5.41, 5.74) is 8.09. The molecule has 1 aliphatic heterocycles. The van der Waals surface area contributed by atoms with Gasteiger partial charge < -0.3 is 35.1 Å². The summed E-state index contributed by atoms with van der Waals surface area (Å²) in [6.07, 6.45) is 1.96. The van der Waals surface area contributed by atoms with Gasteiger partial charge in [-0.2, -0.15) is 11.3 Å². The fourth-order valence-electron chi connectivity index (χ4n) is 3.68. The van der Waals surface area contributed by atoms with Crippen LogP contribution in [0.1, 0.15) is 24.8 Å². The van der Waals surface area contributed by atoms with Crippen LogP contribution in [-0.2, 0) is 23.7 Å². The fraction of sp³-hybridized carbons (Fsp3) is 0.458. The van der Waals surface area contributed by atoms with Crippen LogP contribution in [0.3, 0.4) is 0 Å². The minimum Gasteiger partial charge on any atom is -0.459 e. The number of anilines is 2. The lowest BCUT2D eigenvalue weighted by Crippen LogP contribution is -2.38. The number of carbonyl (C=O) groups excluding carboxylic acids is 1. The van der Waals surface area contributed by atoms with Gasteiger partial charge in [-0.25, -0.2) is 0 Å². The fourth-order valence-corrected chi connectivity index (χ4v) is 4.39. The molecule has 33 heavy (non-hydrogen) atoms. The van der Waals surface area contributed by atoms with E-state index in [0.717, 1.165) is 5.56 Å². The number of amides is 1. The van der Waals surface area contributed by atoms with Crippen molar-refractivity contribution in [1.82, 2.24) is 0 Å². The lowest BCUT2D eigenvalue weighted by atomic mass is 9.82. The number of nitrogens with two attached hydrogens (primary N) is 1. The average Bonchev–Trinajstić information content (AvgIpc) is 3.35. The van der Waals surface area contributed by atoms with Crippen molar-refractivity contribution in [3.05, 3.63) is 58.5 Å². The molecule has 8 nitrogen and oxygen atoms in total. The summed E-state index contributed by atoms with van der Waals surface area (Å²) in [5, 5.41) is 15.7. The summed E-state index contributed by atoms with van der Waals surface area (Å²) in [4.78, 5) is 13.0. The molecule has 0 fully saturated rings. The number of nitrogen functional groups attached to an aromatic ring is 1. The number of para-hydroxylation sites is 2. The smallest absolute Gasteiger partial charge is 0.290 e. The molecular formula is C24H32N2O6S. The largest absolute Gasteiger partial charge is 0.459 e.